The largest absolute Gasteiger partial charge is 0.508 e. The molecule has 0 amide bonds. The van der Waals surface area contributed by atoms with Gasteiger partial charge in [0, 0.05) is 31.3 Å². The zero-order chi connectivity index (χ0) is 17.6. The van der Waals surface area contributed by atoms with Crippen LogP contribution in [0.3, 0.4) is 0 Å². The van der Waals surface area contributed by atoms with E-state index in [0.29, 0.717) is 30.4 Å². The van der Waals surface area contributed by atoms with Gasteiger partial charge in [0.2, 0.25) is 0 Å². The molecule has 3 N–H and O–H groups in total. The molecular formula is C20H25FIN3O. The third-order valence-corrected chi connectivity index (χ3v) is 4.69. The van der Waals surface area contributed by atoms with E-state index in [9.17, 15) is 9.50 Å². The van der Waals surface area contributed by atoms with Crippen molar-refractivity contribution < 1.29 is 9.50 Å². The number of phenolic OH excluding ortho intramolecular Hbond substituents is 1. The number of hydrogen-bond acceptors (Lipinski definition) is 2. The van der Waals surface area contributed by atoms with E-state index in [1.165, 1.54) is 23.6 Å². The van der Waals surface area contributed by atoms with Crippen molar-refractivity contribution in [2.45, 2.75) is 38.8 Å². The molecule has 1 aliphatic rings. The minimum Gasteiger partial charge on any atom is -0.508 e. The number of benzene rings is 2. The molecule has 6 heteroatoms. The molecule has 1 aliphatic carbocycles. The molecule has 0 saturated carbocycles. The smallest absolute Gasteiger partial charge is 0.191 e. The number of aliphatic imine (C=N–C) groups is 1. The summed E-state index contributed by atoms with van der Waals surface area (Å²) in [5.41, 5.74) is 4.11. The van der Waals surface area contributed by atoms with Gasteiger partial charge in [0.1, 0.15) is 11.6 Å². The monoisotopic (exact) mass is 469 g/mol. The second kappa shape index (κ2) is 9.75. The normalized spacial score (nSPS) is 13.5. The second-order valence-corrected chi connectivity index (χ2v) is 6.28. The van der Waals surface area contributed by atoms with Crippen LogP contribution in [0.1, 0.15) is 35.1 Å². The van der Waals surface area contributed by atoms with E-state index >= 15 is 0 Å². The first-order valence-electron chi connectivity index (χ1n) is 8.69. The van der Waals surface area contributed by atoms with E-state index in [-0.39, 0.29) is 29.8 Å². The standard InChI is InChI=1S/C20H24FN3O.HI/c1-22-20(23-12-15-7-3-5-9-18(15)21)24-13-17-16-8-4-2-6-14(16)10-11-19(17)25;/h3,5,7,9-11,25H,2,4,6,8,12-13H2,1H3,(H2,22,23,24);1H. The van der Waals surface area contributed by atoms with E-state index in [2.05, 4.69) is 15.6 Å². The molecule has 2 aromatic carbocycles. The number of halogens is 2. The van der Waals surface area contributed by atoms with E-state index in [1.54, 1.807) is 25.2 Å². The fraction of sp³-hybridized carbons (Fsp3) is 0.350. The highest BCUT2D eigenvalue weighted by molar-refractivity contribution is 14.0. The number of aromatic hydroxyl groups is 1. The van der Waals surface area contributed by atoms with Crippen LogP contribution in [0.5, 0.6) is 5.75 Å². The summed E-state index contributed by atoms with van der Waals surface area (Å²) in [4.78, 5) is 4.18. The maximum Gasteiger partial charge on any atom is 0.191 e. The van der Waals surface area contributed by atoms with Crippen LogP contribution in [0, 0.1) is 5.82 Å². The van der Waals surface area contributed by atoms with Gasteiger partial charge in [-0.3, -0.25) is 4.99 Å². The fourth-order valence-electron chi connectivity index (χ4n) is 3.30. The molecule has 0 heterocycles. The van der Waals surface area contributed by atoms with Crippen LogP contribution >= 0.6 is 24.0 Å². The molecule has 0 radical (unpaired) electrons. The van der Waals surface area contributed by atoms with Crippen LogP contribution in [-0.4, -0.2) is 18.1 Å². The zero-order valence-corrected chi connectivity index (χ0v) is 17.2. The van der Waals surface area contributed by atoms with E-state index in [1.807, 2.05) is 12.1 Å². The number of phenols is 1. The first-order chi connectivity index (χ1) is 12.2. The number of aryl methyl sites for hydroxylation is 1. The van der Waals surface area contributed by atoms with Gasteiger partial charge in [-0.15, -0.1) is 24.0 Å². The van der Waals surface area contributed by atoms with Crippen molar-refractivity contribution in [2.75, 3.05) is 7.05 Å². The van der Waals surface area contributed by atoms with Gasteiger partial charge >= 0.3 is 0 Å². The fourth-order valence-corrected chi connectivity index (χ4v) is 3.30. The highest BCUT2D eigenvalue weighted by Crippen LogP contribution is 2.30. The Bertz CT molecular complexity index is 780. The molecule has 0 atom stereocenters. The van der Waals surface area contributed by atoms with E-state index < -0.39 is 0 Å². The Balaban J connectivity index is 0.00000243. The quantitative estimate of drug-likeness (QED) is 0.362. The van der Waals surface area contributed by atoms with E-state index in [4.69, 9.17) is 0 Å². The van der Waals surface area contributed by atoms with Crippen LogP contribution in [0.2, 0.25) is 0 Å². The summed E-state index contributed by atoms with van der Waals surface area (Å²) in [5.74, 6) is 0.661. The van der Waals surface area contributed by atoms with Gasteiger partial charge in [0.25, 0.3) is 0 Å². The topological polar surface area (TPSA) is 56.7 Å². The Morgan fingerprint density at radius 1 is 1.08 bits per heavy atom. The second-order valence-electron chi connectivity index (χ2n) is 6.28. The van der Waals surface area contributed by atoms with Gasteiger partial charge in [-0.25, -0.2) is 4.39 Å². The van der Waals surface area contributed by atoms with Gasteiger partial charge in [0.05, 0.1) is 0 Å². The minimum atomic E-state index is -0.236. The maximum absolute atomic E-state index is 13.7. The molecule has 140 valence electrons. The van der Waals surface area contributed by atoms with Crippen molar-refractivity contribution in [3.63, 3.8) is 0 Å². The van der Waals surface area contributed by atoms with Gasteiger partial charge in [-0.05, 0) is 48.9 Å². The van der Waals surface area contributed by atoms with Crippen LogP contribution in [0.15, 0.2) is 41.4 Å². The van der Waals surface area contributed by atoms with Crippen LogP contribution in [0.4, 0.5) is 4.39 Å². The predicted octanol–water partition coefficient (Wildman–Crippen LogP) is 3.89. The highest BCUT2D eigenvalue weighted by atomic mass is 127. The molecule has 26 heavy (non-hydrogen) atoms. The lowest BCUT2D eigenvalue weighted by Gasteiger charge is -2.21. The molecule has 0 aliphatic heterocycles. The highest BCUT2D eigenvalue weighted by Gasteiger charge is 2.16. The average molecular weight is 469 g/mol. The Morgan fingerprint density at radius 3 is 2.58 bits per heavy atom. The first kappa shape index (κ1) is 20.5. The Kier molecular flexibility index (Phi) is 7.68. The predicted molar refractivity (Wildman–Crippen MR) is 114 cm³/mol. The molecule has 0 aromatic heterocycles. The Labute approximate surface area is 171 Å². The summed E-state index contributed by atoms with van der Waals surface area (Å²) in [6.45, 7) is 0.844. The van der Waals surface area contributed by atoms with Crippen LogP contribution in [-0.2, 0) is 25.9 Å². The molecular weight excluding hydrogens is 444 g/mol. The Hall–Kier alpha value is -1.83. The number of nitrogens with zero attached hydrogens (tertiary/aromatic N) is 1. The van der Waals surface area contributed by atoms with Gasteiger partial charge in [0.15, 0.2) is 5.96 Å². The lowest BCUT2D eigenvalue weighted by atomic mass is 9.88. The number of hydrogen-bond donors (Lipinski definition) is 3. The van der Waals surface area contributed by atoms with Crippen LogP contribution < -0.4 is 10.6 Å². The van der Waals surface area contributed by atoms with Crippen molar-refractivity contribution in [2.24, 2.45) is 4.99 Å². The third-order valence-electron chi connectivity index (χ3n) is 4.69. The van der Waals surface area contributed by atoms with E-state index in [0.717, 1.165) is 24.8 Å². The summed E-state index contributed by atoms with van der Waals surface area (Å²) in [6, 6.07) is 10.5. The lowest BCUT2D eigenvalue weighted by Crippen LogP contribution is -2.36. The SMILES string of the molecule is CN=C(NCc1ccccc1F)NCc1c(O)ccc2c1CCCC2.I. The van der Waals surface area contributed by atoms with Crippen molar-refractivity contribution >= 4 is 29.9 Å². The van der Waals surface area contributed by atoms with Crippen molar-refractivity contribution in [3.05, 3.63) is 64.5 Å². The average Bonchev–Trinajstić information content (AvgIpc) is 2.64. The minimum absolute atomic E-state index is 0. The third kappa shape index (κ3) is 4.87. The Morgan fingerprint density at radius 2 is 1.81 bits per heavy atom. The van der Waals surface area contributed by atoms with Crippen molar-refractivity contribution in [3.8, 4) is 5.75 Å². The number of rotatable bonds is 4. The maximum atomic E-state index is 13.7. The molecule has 2 aromatic rings. The first-order valence-corrected chi connectivity index (χ1v) is 8.69. The molecule has 3 rings (SSSR count). The summed E-state index contributed by atoms with van der Waals surface area (Å²) in [6.07, 6.45) is 4.44. The molecule has 0 bridgehead atoms. The summed E-state index contributed by atoms with van der Waals surface area (Å²) < 4.78 is 13.7. The summed E-state index contributed by atoms with van der Waals surface area (Å²) in [5, 5.41) is 16.6. The number of nitrogens with one attached hydrogen (secondary N) is 2. The molecule has 4 nitrogen and oxygen atoms in total. The van der Waals surface area contributed by atoms with Crippen molar-refractivity contribution in [1.82, 2.24) is 10.6 Å². The molecule has 0 spiro atoms. The van der Waals surface area contributed by atoms with Crippen LogP contribution in [0.25, 0.3) is 0 Å². The number of guanidine groups is 1. The molecule has 0 fully saturated rings. The van der Waals surface area contributed by atoms with Gasteiger partial charge in [-0.2, -0.15) is 0 Å². The van der Waals surface area contributed by atoms with Crippen molar-refractivity contribution in [1.29, 1.82) is 0 Å². The number of fused-ring (bicyclic) bond motifs is 1. The summed E-state index contributed by atoms with van der Waals surface area (Å²) >= 11 is 0. The summed E-state index contributed by atoms with van der Waals surface area (Å²) in [7, 11) is 1.68. The zero-order valence-electron chi connectivity index (χ0n) is 14.9. The lowest BCUT2D eigenvalue weighted by molar-refractivity contribution is 0.464. The van der Waals surface area contributed by atoms with Gasteiger partial charge < -0.3 is 15.7 Å². The molecule has 0 unspecified atom stereocenters. The van der Waals surface area contributed by atoms with Gasteiger partial charge in [-0.1, -0.05) is 24.3 Å². The molecule has 0 saturated heterocycles.